The molecule has 3 aromatic rings. The van der Waals surface area contributed by atoms with Crippen molar-refractivity contribution in [3.63, 3.8) is 0 Å². The Morgan fingerprint density at radius 1 is 1.21 bits per heavy atom. The number of carbonyl (C=O) groups excluding carboxylic acids is 1. The number of hydrogen-bond acceptors (Lipinski definition) is 5. The minimum Gasteiger partial charge on any atom is -0.497 e. The Morgan fingerprint density at radius 2 is 2.00 bits per heavy atom. The summed E-state index contributed by atoms with van der Waals surface area (Å²) in [7, 11) is 1.65. The van der Waals surface area contributed by atoms with Crippen LogP contribution in [0.15, 0.2) is 84.0 Å². The SMILES string of the molecule is COC1=CCC(c2csc(NC(=O)/C=C/c3ccc(OCc4ccc(F)cc4)cc3)n2)C=C1. The van der Waals surface area contributed by atoms with Gasteiger partial charge in [-0.25, -0.2) is 9.37 Å². The monoisotopic (exact) mass is 462 g/mol. The van der Waals surface area contributed by atoms with Crippen LogP contribution >= 0.6 is 11.3 Å². The molecule has 0 saturated carbocycles. The highest BCUT2D eigenvalue weighted by Crippen LogP contribution is 2.29. The van der Waals surface area contributed by atoms with Crippen LogP contribution in [-0.4, -0.2) is 18.0 Å². The second-order valence-electron chi connectivity index (χ2n) is 7.40. The molecule has 0 spiro atoms. The van der Waals surface area contributed by atoms with E-state index in [0.29, 0.717) is 17.5 Å². The van der Waals surface area contributed by atoms with Gasteiger partial charge in [0.05, 0.1) is 12.8 Å². The van der Waals surface area contributed by atoms with Crippen molar-refractivity contribution in [3.05, 3.63) is 107 Å². The van der Waals surface area contributed by atoms with Gasteiger partial charge in [0.15, 0.2) is 5.13 Å². The van der Waals surface area contributed by atoms with Crippen LogP contribution in [0.1, 0.15) is 29.2 Å². The largest absolute Gasteiger partial charge is 0.497 e. The first kappa shape index (κ1) is 22.5. The van der Waals surface area contributed by atoms with Gasteiger partial charge in [0.25, 0.3) is 0 Å². The molecule has 4 rings (SSSR count). The fourth-order valence-corrected chi connectivity index (χ4v) is 4.00. The minimum absolute atomic E-state index is 0.185. The van der Waals surface area contributed by atoms with Crippen LogP contribution in [0.2, 0.25) is 0 Å². The van der Waals surface area contributed by atoms with Crippen molar-refractivity contribution in [1.82, 2.24) is 4.98 Å². The van der Waals surface area contributed by atoms with Crippen LogP contribution in [0.5, 0.6) is 5.75 Å². The number of anilines is 1. The van der Waals surface area contributed by atoms with E-state index in [9.17, 15) is 9.18 Å². The number of ether oxygens (including phenoxy) is 2. The molecule has 0 bridgehead atoms. The maximum Gasteiger partial charge on any atom is 0.250 e. The van der Waals surface area contributed by atoms with Crippen LogP contribution in [0.3, 0.4) is 0 Å². The average molecular weight is 463 g/mol. The first-order valence-corrected chi connectivity index (χ1v) is 11.3. The van der Waals surface area contributed by atoms with Crippen LogP contribution in [-0.2, 0) is 16.1 Å². The predicted octanol–water partition coefficient (Wildman–Crippen LogP) is 6.09. The molecule has 0 saturated heterocycles. The van der Waals surface area contributed by atoms with Crippen LogP contribution in [0.25, 0.3) is 6.08 Å². The number of amides is 1. The third-order valence-electron chi connectivity index (χ3n) is 5.06. The lowest BCUT2D eigenvalue weighted by molar-refractivity contribution is -0.111. The third-order valence-corrected chi connectivity index (χ3v) is 5.84. The maximum absolute atomic E-state index is 13.0. The standard InChI is InChI=1S/C26H23FN2O3S/c1-31-22-13-7-20(8-14-22)24-17-33-26(28-24)29-25(30)15-6-18-4-11-23(12-5-18)32-16-19-2-9-21(27)10-3-19/h2-7,9-15,17,20H,8,16H2,1H3,(H,28,29,30)/b15-6+. The van der Waals surface area contributed by atoms with E-state index in [1.165, 1.54) is 29.5 Å². The van der Waals surface area contributed by atoms with Gasteiger partial charge in [0, 0.05) is 17.4 Å². The number of nitrogens with one attached hydrogen (secondary N) is 1. The molecular weight excluding hydrogens is 439 g/mol. The zero-order valence-electron chi connectivity index (χ0n) is 18.0. The number of thiazole rings is 1. The first-order chi connectivity index (χ1) is 16.1. The van der Waals surface area contributed by atoms with E-state index in [1.54, 1.807) is 25.3 Å². The van der Waals surface area contributed by atoms with Gasteiger partial charge in [-0.2, -0.15) is 0 Å². The molecule has 1 atom stereocenters. The fourth-order valence-electron chi connectivity index (χ4n) is 3.23. The second-order valence-corrected chi connectivity index (χ2v) is 8.25. The van der Waals surface area contributed by atoms with E-state index < -0.39 is 0 Å². The lowest BCUT2D eigenvalue weighted by atomic mass is 9.97. The number of benzene rings is 2. The summed E-state index contributed by atoms with van der Waals surface area (Å²) in [6, 6.07) is 13.6. The normalized spacial score (nSPS) is 15.3. The molecule has 0 fully saturated rings. The Kier molecular flexibility index (Phi) is 7.32. The molecule has 1 aliphatic rings. The first-order valence-electron chi connectivity index (χ1n) is 10.4. The smallest absolute Gasteiger partial charge is 0.250 e. The lowest BCUT2D eigenvalue weighted by Crippen LogP contribution is -2.08. The predicted molar refractivity (Wildman–Crippen MR) is 129 cm³/mol. The summed E-state index contributed by atoms with van der Waals surface area (Å²) >= 11 is 1.41. The van der Waals surface area contributed by atoms with Crippen molar-refractivity contribution < 1.29 is 18.7 Å². The quantitative estimate of drug-likeness (QED) is 0.412. The Labute approximate surface area is 195 Å². The Hall–Kier alpha value is -3.71. The van der Waals surface area contributed by atoms with Gasteiger partial charge in [-0.3, -0.25) is 10.1 Å². The van der Waals surface area contributed by atoms with Crippen LogP contribution in [0.4, 0.5) is 9.52 Å². The molecule has 168 valence electrons. The van der Waals surface area contributed by atoms with Gasteiger partial charge < -0.3 is 9.47 Å². The Morgan fingerprint density at radius 3 is 2.70 bits per heavy atom. The molecule has 1 aliphatic carbocycles. The Balaban J connectivity index is 1.26. The molecule has 2 aromatic carbocycles. The summed E-state index contributed by atoms with van der Waals surface area (Å²) in [5, 5.41) is 5.34. The molecule has 7 heteroatoms. The number of hydrogen-bond donors (Lipinski definition) is 1. The summed E-state index contributed by atoms with van der Waals surface area (Å²) in [5.74, 6) is 1.22. The van der Waals surface area contributed by atoms with Gasteiger partial charge in [0.2, 0.25) is 5.91 Å². The van der Waals surface area contributed by atoms with Crippen LogP contribution < -0.4 is 10.1 Å². The van der Waals surface area contributed by atoms with E-state index in [-0.39, 0.29) is 17.6 Å². The van der Waals surface area contributed by atoms with Gasteiger partial charge in [0.1, 0.15) is 23.9 Å². The van der Waals surface area contributed by atoms with Crippen molar-refractivity contribution in [1.29, 1.82) is 0 Å². The van der Waals surface area contributed by atoms with Gasteiger partial charge in [-0.15, -0.1) is 11.3 Å². The second kappa shape index (κ2) is 10.7. The van der Waals surface area contributed by atoms with E-state index in [2.05, 4.69) is 16.4 Å². The highest BCUT2D eigenvalue weighted by molar-refractivity contribution is 7.14. The zero-order chi connectivity index (χ0) is 23.0. The molecule has 1 heterocycles. The van der Waals surface area contributed by atoms with Gasteiger partial charge >= 0.3 is 0 Å². The van der Waals surface area contributed by atoms with E-state index in [1.807, 2.05) is 41.8 Å². The van der Waals surface area contributed by atoms with E-state index >= 15 is 0 Å². The molecule has 5 nitrogen and oxygen atoms in total. The number of aromatic nitrogens is 1. The maximum atomic E-state index is 13.0. The average Bonchev–Trinajstić information content (AvgIpc) is 3.31. The van der Waals surface area contributed by atoms with Crippen molar-refractivity contribution in [2.24, 2.45) is 0 Å². The molecule has 1 N–H and O–H groups in total. The molecule has 0 aliphatic heterocycles. The minimum atomic E-state index is -0.269. The highest BCUT2D eigenvalue weighted by atomic mass is 32.1. The summed E-state index contributed by atoms with van der Waals surface area (Å²) < 4.78 is 23.9. The zero-order valence-corrected chi connectivity index (χ0v) is 18.8. The molecule has 1 aromatic heterocycles. The molecular formula is C26H23FN2O3S. The van der Waals surface area contributed by atoms with Crippen molar-refractivity contribution in [2.75, 3.05) is 12.4 Å². The van der Waals surface area contributed by atoms with Crippen molar-refractivity contribution in [3.8, 4) is 5.75 Å². The van der Waals surface area contributed by atoms with Gasteiger partial charge in [-0.05, 0) is 60.0 Å². The molecule has 1 unspecified atom stereocenters. The summed E-state index contributed by atoms with van der Waals surface area (Å²) in [4.78, 5) is 16.8. The van der Waals surface area contributed by atoms with Crippen molar-refractivity contribution in [2.45, 2.75) is 18.9 Å². The lowest BCUT2D eigenvalue weighted by Gasteiger charge is -2.13. The fraction of sp³-hybridized carbons (Fsp3) is 0.154. The number of halogens is 1. The number of rotatable bonds is 8. The van der Waals surface area contributed by atoms with E-state index in [0.717, 1.165) is 29.0 Å². The molecule has 0 radical (unpaired) electrons. The highest BCUT2D eigenvalue weighted by Gasteiger charge is 2.15. The van der Waals surface area contributed by atoms with Crippen molar-refractivity contribution >= 4 is 28.5 Å². The number of nitrogens with zero attached hydrogens (tertiary/aromatic N) is 1. The summed E-state index contributed by atoms with van der Waals surface area (Å²) in [6.07, 6.45) is 10.1. The summed E-state index contributed by atoms with van der Waals surface area (Å²) in [6.45, 7) is 0.355. The number of carbonyl (C=O) groups is 1. The number of allylic oxidation sites excluding steroid dienone is 3. The van der Waals surface area contributed by atoms with Gasteiger partial charge in [-0.1, -0.05) is 30.3 Å². The van der Waals surface area contributed by atoms with E-state index in [4.69, 9.17) is 9.47 Å². The Bertz CT molecular complexity index is 1180. The number of methoxy groups -OCH3 is 1. The molecule has 1 amide bonds. The third kappa shape index (κ3) is 6.40. The molecule has 33 heavy (non-hydrogen) atoms. The topological polar surface area (TPSA) is 60.5 Å². The van der Waals surface area contributed by atoms with Crippen LogP contribution in [0, 0.1) is 5.82 Å². The summed E-state index contributed by atoms with van der Waals surface area (Å²) in [5.41, 5.74) is 2.68.